The van der Waals surface area contributed by atoms with Crippen LogP contribution < -0.4 is 16.0 Å². The molecule has 148 valence electrons. The Bertz CT molecular complexity index is 691. The predicted molar refractivity (Wildman–Crippen MR) is 103 cm³/mol. The Labute approximate surface area is 159 Å². The molecule has 6 nitrogen and oxygen atoms in total. The van der Waals surface area contributed by atoms with Gasteiger partial charge in [0.25, 0.3) is 0 Å². The summed E-state index contributed by atoms with van der Waals surface area (Å²) < 4.78 is 13.5. The lowest BCUT2D eigenvalue weighted by atomic mass is 9.85. The van der Waals surface area contributed by atoms with E-state index in [-0.39, 0.29) is 23.6 Å². The Hall–Kier alpha value is -2.31. The number of phenols is 1. The first-order chi connectivity index (χ1) is 13.0. The molecule has 0 saturated heterocycles. The lowest BCUT2D eigenvalue weighted by Gasteiger charge is -2.30. The number of nitrogens with zero attached hydrogens (tertiary/aromatic N) is 1. The van der Waals surface area contributed by atoms with Gasteiger partial charge in [0.05, 0.1) is 6.54 Å². The monoisotopic (exact) mass is 376 g/mol. The number of hydrogen-bond acceptors (Lipinski definition) is 3. The average molecular weight is 376 g/mol. The van der Waals surface area contributed by atoms with Crippen LogP contribution in [0.4, 0.5) is 4.39 Å². The summed E-state index contributed by atoms with van der Waals surface area (Å²) in [6, 6.07) is 4.88. The molecule has 3 rings (SSSR count). The SMILES string of the molecule is CCNC(=NCc1ccc(O)c(F)c1)NC1CCCC(C(=O)NC2CC2)C1. The van der Waals surface area contributed by atoms with Crippen LogP contribution in [-0.4, -0.2) is 35.6 Å². The fourth-order valence-corrected chi connectivity index (χ4v) is 3.44. The topological polar surface area (TPSA) is 85.8 Å². The first-order valence-corrected chi connectivity index (χ1v) is 9.87. The maximum absolute atomic E-state index is 13.5. The smallest absolute Gasteiger partial charge is 0.223 e. The van der Waals surface area contributed by atoms with E-state index in [9.17, 15) is 14.3 Å². The van der Waals surface area contributed by atoms with Gasteiger partial charge in [0.2, 0.25) is 5.91 Å². The third-order valence-electron chi connectivity index (χ3n) is 5.09. The minimum absolute atomic E-state index is 0.0610. The molecule has 2 atom stereocenters. The van der Waals surface area contributed by atoms with E-state index in [0.29, 0.717) is 30.7 Å². The Morgan fingerprint density at radius 1 is 1.22 bits per heavy atom. The van der Waals surface area contributed by atoms with Crippen molar-refractivity contribution >= 4 is 11.9 Å². The quantitative estimate of drug-likeness (QED) is 0.454. The Morgan fingerprint density at radius 2 is 2.04 bits per heavy atom. The number of rotatable bonds is 6. The molecule has 0 aliphatic heterocycles. The van der Waals surface area contributed by atoms with Crippen LogP contribution in [0.1, 0.15) is 51.0 Å². The Kier molecular flexibility index (Phi) is 6.53. The minimum Gasteiger partial charge on any atom is -0.505 e. The van der Waals surface area contributed by atoms with Crippen LogP contribution in [0.15, 0.2) is 23.2 Å². The normalized spacial score (nSPS) is 23.0. The van der Waals surface area contributed by atoms with Gasteiger partial charge in [0, 0.05) is 24.5 Å². The molecule has 0 radical (unpaired) electrons. The standard InChI is InChI=1S/C20H29FN4O2/c1-2-22-20(23-12-13-6-9-18(26)17(21)10-13)25-16-5-3-4-14(11-16)19(27)24-15-7-8-15/h6,9-10,14-16,26H,2-5,7-8,11-12H2,1H3,(H,24,27)(H2,22,23,25). The number of benzene rings is 1. The van der Waals surface area contributed by atoms with E-state index < -0.39 is 5.82 Å². The number of amides is 1. The van der Waals surface area contributed by atoms with Gasteiger partial charge in [0.1, 0.15) is 0 Å². The van der Waals surface area contributed by atoms with Gasteiger partial charge in [-0.05, 0) is 56.7 Å². The Morgan fingerprint density at radius 3 is 2.74 bits per heavy atom. The number of phenolic OH excluding ortho intramolecular Hbond substituents is 1. The van der Waals surface area contributed by atoms with Crippen molar-refractivity contribution in [2.75, 3.05) is 6.54 Å². The van der Waals surface area contributed by atoms with Gasteiger partial charge in [-0.15, -0.1) is 0 Å². The van der Waals surface area contributed by atoms with Crippen molar-refractivity contribution in [2.24, 2.45) is 10.9 Å². The molecule has 1 aromatic carbocycles. The maximum Gasteiger partial charge on any atom is 0.223 e. The van der Waals surface area contributed by atoms with Crippen LogP contribution in [-0.2, 0) is 11.3 Å². The van der Waals surface area contributed by atoms with E-state index in [2.05, 4.69) is 20.9 Å². The first-order valence-electron chi connectivity index (χ1n) is 9.87. The number of nitrogens with one attached hydrogen (secondary N) is 3. The fourth-order valence-electron chi connectivity index (χ4n) is 3.44. The molecule has 1 amide bonds. The van der Waals surface area contributed by atoms with Crippen LogP contribution in [0.2, 0.25) is 0 Å². The number of aromatic hydroxyl groups is 1. The van der Waals surface area contributed by atoms with E-state index in [4.69, 9.17) is 0 Å². The second-order valence-electron chi connectivity index (χ2n) is 7.47. The van der Waals surface area contributed by atoms with Crippen molar-refractivity contribution in [3.05, 3.63) is 29.6 Å². The summed E-state index contributed by atoms with van der Waals surface area (Å²) in [5.41, 5.74) is 0.688. The first kappa shape index (κ1) is 19.5. The van der Waals surface area contributed by atoms with Crippen molar-refractivity contribution < 1.29 is 14.3 Å². The number of guanidine groups is 1. The van der Waals surface area contributed by atoms with Gasteiger partial charge >= 0.3 is 0 Å². The molecule has 2 fully saturated rings. The molecule has 0 spiro atoms. The zero-order valence-corrected chi connectivity index (χ0v) is 15.8. The third-order valence-corrected chi connectivity index (χ3v) is 5.09. The molecule has 7 heteroatoms. The fraction of sp³-hybridized carbons (Fsp3) is 0.600. The van der Waals surface area contributed by atoms with Gasteiger partial charge in [-0.2, -0.15) is 0 Å². The average Bonchev–Trinajstić information content (AvgIpc) is 3.47. The van der Waals surface area contributed by atoms with E-state index in [1.807, 2.05) is 6.92 Å². The minimum atomic E-state index is -0.641. The summed E-state index contributed by atoms with van der Waals surface area (Å²) in [5, 5.41) is 19.0. The van der Waals surface area contributed by atoms with E-state index in [1.165, 1.54) is 12.1 Å². The number of carbonyl (C=O) groups is 1. The molecular weight excluding hydrogens is 347 g/mol. The Balaban J connectivity index is 1.57. The highest BCUT2D eigenvalue weighted by Crippen LogP contribution is 2.26. The second-order valence-corrected chi connectivity index (χ2v) is 7.47. The molecule has 27 heavy (non-hydrogen) atoms. The highest BCUT2D eigenvalue weighted by atomic mass is 19.1. The van der Waals surface area contributed by atoms with Crippen molar-refractivity contribution in [3.8, 4) is 5.75 Å². The molecule has 0 bridgehead atoms. The lowest BCUT2D eigenvalue weighted by Crippen LogP contribution is -2.47. The summed E-state index contributed by atoms with van der Waals surface area (Å²) in [7, 11) is 0. The largest absolute Gasteiger partial charge is 0.505 e. The molecule has 0 aromatic heterocycles. The summed E-state index contributed by atoms with van der Waals surface area (Å²) >= 11 is 0. The molecular formula is C20H29FN4O2. The van der Waals surface area contributed by atoms with Crippen molar-refractivity contribution in [2.45, 2.75) is 64.1 Å². The van der Waals surface area contributed by atoms with Crippen LogP contribution in [0.3, 0.4) is 0 Å². The van der Waals surface area contributed by atoms with Gasteiger partial charge < -0.3 is 21.1 Å². The highest BCUT2D eigenvalue weighted by Gasteiger charge is 2.31. The van der Waals surface area contributed by atoms with E-state index in [1.54, 1.807) is 6.07 Å². The number of aliphatic imine (C=N–C) groups is 1. The maximum atomic E-state index is 13.5. The molecule has 2 aliphatic rings. The van der Waals surface area contributed by atoms with Gasteiger partial charge in [-0.1, -0.05) is 12.5 Å². The second kappa shape index (κ2) is 9.06. The molecule has 2 aliphatic carbocycles. The van der Waals surface area contributed by atoms with Gasteiger partial charge in [-0.3, -0.25) is 4.79 Å². The van der Waals surface area contributed by atoms with Crippen molar-refractivity contribution in [1.29, 1.82) is 0 Å². The van der Waals surface area contributed by atoms with Gasteiger partial charge in [0.15, 0.2) is 17.5 Å². The van der Waals surface area contributed by atoms with Crippen LogP contribution >= 0.6 is 0 Å². The molecule has 1 aromatic rings. The molecule has 4 N–H and O–H groups in total. The number of hydrogen-bond donors (Lipinski definition) is 4. The van der Waals surface area contributed by atoms with Crippen LogP contribution in [0, 0.1) is 11.7 Å². The number of halogens is 1. The summed E-state index contributed by atoms with van der Waals surface area (Å²) in [6.45, 7) is 3.02. The van der Waals surface area contributed by atoms with Crippen molar-refractivity contribution in [1.82, 2.24) is 16.0 Å². The zero-order chi connectivity index (χ0) is 19.2. The zero-order valence-electron chi connectivity index (χ0n) is 15.8. The molecule has 2 saturated carbocycles. The van der Waals surface area contributed by atoms with Gasteiger partial charge in [-0.25, -0.2) is 9.38 Å². The number of carbonyl (C=O) groups excluding carboxylic acids is 1. The summed E-state index contributed by atoms with van der Waals surface area (Å²) in [5.74, 6) is -0.0846. The third kappa shape index (κ3) is 5.84. The predicted octanol–water partition coefficient (Wildman–Crippen LogP) is 2.42. The summed E-state index contributed by atoms with van der Waals surface area (Å²) in [4.78, 5) is 16.9. The molecule has 0 heterocycles. The van der Waals surface area contributed by atoms with Crippen LogP contribution in [0.25, 0.3) is 0 Å². The molecule has 2 unspecified atom stereocenters. The summed E-state index contributed by atoms with van der Waals surface area (Å²) in [6.07, 6.45) is 5.98. The van der Waals surface area contributed by atoms with Crippen LogP contribution in [0.5, 0.6) is 5.75 Å². The van der Waals surface area contributed by atoms with Crippen molar-refractivity contribution in [3.63, 3.8) is 0 Å². The highest BCUT2D eigenvalue weighted by molar-refractivity contribution is 5.81. The van der Waals surface area contributed by atoms with E-state index >= 15 is 0 Å². The lowest BCUT2D eigenvalue weighted by molar-refractivity contribution is -0.126. The van der Waals surface area contributed by atoms with E-state index in [0.717, 1.165) is 38.5 Å².